The van der Waals surface area contributed by atoms with Crippen molar-refractivity contribution in [2.45, 2.75) is 23.6 Å². The van der Waals surface area contributed by atoms with Crippen molar-refractivity contribution in [3.05, 3.63) is 163 Å². The predicted octanol–water partition coefficient (Wildman–Crippen LogP) is 12.5. The average molecular weight is 658 g/mol. The van der Waals surface area contributed by atoms with E-state index in [-0.39, 0.29) is 0 Å². The normalized spacial score (nSPS) is 12.1. The number of rotatable bonds is 4. The van der Waals surface area contributed by atoms with E-state index in [0.717, 1.165) is 33.2 Å². The van der Waals surface area contributed by atoms with Gasteiger partial charge in [0.25, 0.3) is 0 Å². The molecule has 0 N–H and O–H groups in total. The smallest absolute Gasteiger partial charge is 0.235 e. The Labute approximate surface area is 294 Å². The summed E-state index contributed by atoms with van der Waals surface area (Å²) in [5.74, 6) is 0.685. The lowest BCUT2D eigenvalue weighted by molar-refractivity contribution is 1.01. The van der Waals surface area contributed by atoms with Gasteiger partial charge in [0.2, 0.25) is 5.95 Å². The molecule has 50 heavy (non-hydrogen) atoms. The number of nitrogens with zero attached hydrogens (tertiary/aromatic N) is 3. The molecular formula is C46H31N3S. The third-order valence-corrected chi connectivity index (χ3v) is 11.3. The molecule has 0 saturated heterocycles. The fourth-order valence-corrected chi connectivity index (χ4v) is 8.94. The van der Waals surface area contributed by atoms with Crippen LogP contribution in [-0.4, -0.2) is 14.5 Å². The monoisotopic (exact) mass is 657 g/mol. The maximum absolute atomic E-state index is 5.43. The number of para-hydroxylation sites is 1. The van der Waals surface area contributed by atoms with Gasteiger partial charge < -0.3 is 0 Å². The molecule has 10 rings (SSSR count). The predicted molar refractivity (Wildman–Crippen MR) is 209 cm³/mol. The molecule has 0 atom stereocenters. The zero-order valence-corrected chi connectivity index (χ0v) is 28.5. The van der Waals surface area contributed by atoms with E-state index in [1.807, 2.05) is 11.8 Å². The van der Waals surface area contributed by atoms with Gasteiger partial charge in [0.15, 0.2) is 0 Å². The maximum atomic E-state index is 5.43. The van der Waals surface area contributed by atoms with Crippen LogP contribution in [0.4, 0.5) is 0 Å². The summed E-state index contributed by atoms with van der Waals surface area (Å²) in [7, 11) is 0. The summed E-state index contributed by atoms with van der Waals surface area (Å²) in [6.07, 6.45) is 0. The number of benzene rings is 7. The molecule has 0 amide bonds. The highest BCUT2D eigenvalue weighted by Gasteiger charge is 2.26. The Bertz CT molecular complexity index is 2810. The minimum absolute atomic E-state index is 0.685. The second kappa shape index (κ2) is 11.3. The largest absolute Gasteiger partial charge is 0.278 e. The van der Waals surface area contributed by atoms with E-state index in [9.17, 15) is 0 Å². The highest BCUT2D eigenvalue weighted by Crippen LogP contribution is 2.50. The molecule has 1 aliphatic rings. The highest BCUT2D eigenvalue weighted by molar-refractivity contribution is 8.00. The van der Waals surface area contributed by atoms with Crippen LogP contribution in [0.5, 0.6) is 0 Å². The van der Waals surface area contributed by atoms with Crippen LogP contribution in [0.1, 0.15) is 11.1 Å². The molecule has 4 heteroatoms. The van der Waals surface area contributed by atoms with E-state index in [1.165, 1.54) is 65.1 Å². The summed E-state index contributed by atoms with van der Waals surface area (Å²) in [6.45, 7) is 4.39. The van der Waals surface area contributed by atoms with Crippen molar-refractivity contribution >= 4 is 44.5 Å². The van der Waals surface area contributed by atoms with Gasteiger partial charge in [0.05, 0.1) is 22.2 Å². The van der Waals surface area contributed by atoms with Gasteiger partial charge in [-0.1, -0.05) is 133 Å². The Balaban J connectivity index is 1.16. The first kappa shape index (κ1) is 29.0. The van der Waals surface area contributed by atoms with Crippen LogP contribution >= 0.6 is 11.8 Å². The van der Waals surface area contributed by atoms with Crippen LogP contribution in [-0.2, 0) is 0 Å². The Kier molecular flexibility index (Phi) is 6.55. The molecule has 3 nitrogen and oxygen atoms in total. The molecule has 3 heterocycles. The Morgan fingerprint density at radius 1 is 0.480 bits per heavy atom. The van der Waals surface area contributed by atoms with Crippen LogP contribution in [0.2, 0.25) is 0 Å². The lowest BCUT2D eigenvalue weighted by Gasteiger charge is -2.22. The van der Waals surface area contributed by atoms with E-state index >= 15 is 0 Å². The quantitative estimate of drug-likeness (QED) is 0.189. The van der Waals surface area contributed by atoms with Crippen LogP contribution < -0.4 is 0 Å². The topological polar surface area (TPSA) is 30.7 Å². The first-order valence-corrected chi connectivity index (χ1v) is 17.8. The summed E-state index contributed by atoms with van der Waals surface area (Å²) in [4.78, 5) is 13.1. The third kappa shape index (κ3) is 4.45. The van der Waals surface area contributed by atoms with Crippen LogP contribution in [0.15, 0.2) is 161 Å². The first-order valence-electron chi connectivity index (χ1n) is 17.0. The second-order valence-corrected chi connectivity index (χ2v) is 14.2. The highest BCUT2D eigenvalue weighted by atomic mass is 32.2. The van der Waals surface area contributed by atoms with Gasteiger partial charge >= 0.3 is 0 Å². The number of aryl methyl sites for hydroxylation is 2. The van der Waals surface area contributed by atoms with Crippen molar-refractivity contribution in [3.63, 3.8) is 0 Å². The van der Waals surface area contributed by atoms with Gasteiger partial charge in [-0.25, -0.2) is 9.97 Å². The summed E-state index contributed by atoms with van der Waals surface area (Å²) in [5.41, 5.74) is 15.2. The SMILES string of the molecule is Cc1ccccc1-c1ccc(-c2ccc3c(c2)c2ccccc2n3-c2nc3c4c(cccc4n2)Sc2c(-c4ccccc4)cccc2-3)cc1C. The maximum Gasteiger partial charge on any atom is 0.235 e. The lowest BCUT2D eigenvalue weighted by Crippen LogP contribution is -2.06. The van der Waals surface area contributed by atoms with Crippen molar-refractivity contribution in [2.24, 2.45) is 0 Å². The molecule has 0 aliphatic carbocycles. The van der Waals surface area contributed by atoms with Crippen molar-refractivity contribution in [1.82, 2.24) is 14.5 Å². The van der Waals surface area contributed by atoms with Gasteiger partial charge in [-0.2, -0.15) is 0 Å². The summed E-state index contributed by atoms with van der Waals surface area (Å²) >= 11 is 1.82. The van der Waals surface area contributed by atoms with Crippen molar-refractivity contribution in [2.75, 3.05) is 0 Å². The van der Waals surface area contributed by atoms with Gasteiger partial charge in [-0.3, -0.25) is 4.57 Å². The van der Waals surface area contributed by atoms with Crippen molar-refractivity contribution in [3.8, 4) is 50.6 Å². The van der Waals surface area contributed by atoms with Crippen molar-refractivity contribution in [1.29, 1.82) is 0 Å². The van der Waals surface area contributed by atoms with E-state index in [2.05, 4.69) is 170 Å². The number of fused-ring (bicyclic) bond motifs is 5. The van der Waals surface area contributed by atoms with Gasteiger partial charge in [0, 0.05) is 31.5 Å². The molecule has 9 aromatic rings. The van der Waals surface area contributed by atoms with Gasteiger partial charge in [0.1, 0.15) is 0 Å². The molecule has 0 radical (unpaired) electrons. The molecule has 0 bridgehead atoms. The number of hydrogen-bond acceptors (Lipinski definition) is 3. The van der Waals surface area contributed by atoms with E-state index in [4.69, 9.17) is 9.97 Å². The molecule has 0 fully saturated rings. The number of hydrogen-bond donors (Lipinski definition) is 0. The molecule has 0 spiro atoms. The van der Waals surface area contributed by atoms with Gasteiger partial charge in [-0.05, 0) is 88.7 Å². The zero-order valence-electron chi connectivity index (χ0n) is 27.7. The van der Waals surface area contributed by atoms with Crippen molar-refractivity contribution < 1.29 is 0 Å². The number of aromatic nitrogens is 3. The Morgan fingerprint density at radius 2 is 1.18 bits per heavy atom. The standard InChI is InChI=1S/C46H31N3S/c1-28-12-6-7-15-33(28)34-24-22-31(26-29(34)2)32-23-25-41-38(27-32)36-16-8-9-20-40(36)49(41)46-47-39-19-11-21-42-43(39)44(48-46)37-18-10-17-35(45(37)50-42)30-13-4-3-5-14-30/h3-27H,1-2H3. The van der Waals surface area contributed by atoms with Crippen LogP contribution in [0, 0.1) is 13.8 Å². The Hall–Kier alpha value is -5.97. The lowest BCUT2D eigenvalue weighted by atomic mass is 9.93. The van der Waals surface area contributed by atoms with Crippen LogP contribution in [0.3, 0.4) is 0 Å². The summed E-state index contributed by atoms with van der Waals surface area (Å²) in [5, 5.41) is 3.49. The molecular weight excluding hydrogens is 627 g/mol. The molecule has 0 unspecified atom stereocenters. The Morgan fingerprint density at radius 3 is 2.06 bits per heavy atom. The molecule has 7 aromatic carbocycles. The molecule has 0 saturated carbocycles. The molecule has 2 aromatic heterocycles. The molecule has 1 aliphatic heterocycles. The minimum atomic E-state index is 0.685. The van der Waals surface area contributed by atoms with Crippen LogP contribution in [0.25, 0.3) is 83.3 Å². The van der Waals surface area contributed by atoms with E-state index in [1.54, 1.807) is 0 Å². The first-order chi connectivity index (χ1) is 24.6. The zero-order chi connectivity index (χ0) is 33.3. The van der Waals surface area contributed by atoms with E-state index in [0.29, 0.717) is 5.95 Å². The van der Waals surface area contributed by atoms with E-state index < -0.39 is 0 Å². The molecule has 236 valence electrons. The fourth-order valence-electron chi connectivity index (χ4n) is 7.70. The fraction of sp³-hybridized carbons (Fsp3) is 0.0435. The minimum Gasteiger partial charge on any atom is -0.278 e. The third-order valence-electron chi connectivity index (χ3n) is 10.1. The average Bonchev–Trinajstić information content (AvgIpc) is 3.49. The second-order valence-electron chi connectivity index (χ2n) is 13.1. The summed E-state index contributed by atoms with van der Waals surface area (Å²) < 4.78 is 2.24. The van der Waals surface area contributed by atoms with Gasteiger partial charge in [-0.15, -0.1) is 0 Å². The summed E-state index contributed by atoms with van der Waals surface area (Å²) in [6, 6.07) is 54.5.